The molecule has 2 aromatic rings. The molecule has 34 heavy (non-hydrogen) atoms. The number of aryl methyl sites for hydroxylation is 1. The lowest BCUT2D eigenvalue weighted by molar-refractivity contribution is -0.0910. The SMILES string of the molecule is CC/C(C)=C(/C=C\C(=C\c1ccnc(OC(F)F)c1)OC(F)F)CCc1ccc(CNC)nc1. The number of hydrogen-bond acceptors (Lipinski definition) is 5. The molecule has 5 nitrogen and oxygen atoms in total. The van der Waals surface area contributed by atoms with Crippen molar-refractivity contribution < 1.29 is 27.0 Å². The van der Waals surface area contributed by atoms with Gasteiger partial charge in [0, 0.05) is 25.0 Å². The van der Waals surface area contributed by atoms with Crippen molar-refractivity contribution in [1.29, 1.82) is 0 Å². The fourth-order valence-electron chi connectivity index (χ4n) is 3.08. The largest absolute Gasteiger partial charge is 0.435 e. The molecule has 0 unspecified atom stereocenters. The van der Waals surface area contributed by atoms with Crippen molar-refractivity contribution in [3.05, 3.63) is 82.5 Å². The molecule has 2 heterocycles. The molecule has 0 saturated carbocycles. The van der Waals surface area contributed by atoms with Gasteiger partial charge in [-0.2, -0.15) is 17.6 Å². The highest BCUT2D eigenvalue weighted by Crippen LogP contribution is 2.21. The number of rotatable bonds is 13. The molecule has 0 aromatic carbocycles. The average Bonchev–Trinajstić information content (AvgIpc) is 2.79. The van der Waals surface area contributed by atoms with Crippen LogP contribution in [0.4, 0.5) is 17.6 Å². The van der Waals surface area contributed by atoms with E-state index in [1.54, 1.807) is 6.08 Å². The van der Waals surface area contributed by atoms with Crippen LogP contribution in [0, 0.1) is 0 Å². The Balaban J connectivity index is 2.21. The van der Waals surface area contributed by atoms with Crippen LogP contribution in [0.3, 0.4) is 0 Å². The maximum Gasteiger partial charge on any atom is 0.388 e. The Morgan fingerprint density at radius 1 is 1.09 bits per heavy atom. The summed E-state index contributed by atoms with van der Waals surface area (Å²) in [5, 5.41) is 3.05. The van der Waals surface area contributed by atoms with Crippen molar-refractivity contribution in [2.24, 2.45) is 0 Å². The second kappa shape index (κ2) is 14.1. The van der Waals surface area contributed by atoms with E-state index in [0.29, 0.717) is 18.5 Å². The molecular formula is C25H29F4N3O2. The van der Waals surface area contributed by atoms with Crippen molar-refractivity contribution in [2.75, 3.05) is 7.05 Å². The van der Waals surface area contributed by atoms with E-state index >= 15 is 0 Å². The number of alkyl halides is 4. The first kappa shape index (κ1) is 27.0. The first-order valence-corrected chi connectivity index (χ1v) is 10.8. The number of aromatic nitrogens is 2. The summed E-state index contributed by atoms with van der Waals surface area (Å²) in [4.78, 5) is 8.09. The predicted octanol–water partition coefficient (Wildman–Crippen LogP) is 6.29. The van der Waals surface area contributed by atoms with Crippen molar-refractivity contribution in [3.8, 4) is 5.88 Å². The van der Waals surface area contributed by atoms with E-state index in [9.17, 15) is 17.6 Å². The first-order chi connectivity index (χ1) is 16.3. The predicted molar refractivity (Wildman–Crippen MR) is 123 cm³/mol. The van der Waals surface area contributed by atoms with E-state index in [4.69, 9.17) is 0 Å². The van der Waals surface area contributed by atoms with Crippen LogP contribution < -0.4 is 10.1 Å². The number of halogens is 4. The van der Waals surface area contributed by atoms with Gasteiger partial charge in [0.25, 0.3) is 0 Å². The van der Waals surface area contributed by atoms with Crippen molar-refractivity contribution >= 4 is 6.08 Å². The molecule has 184 valence electrons. The van der Waals surface area contributed by atoms with Crippen LogP contribution in [-0.2, 0) is 17.7 Å². The normalized spacial score (nSPS) is 13.0. The molecule has 1 N–H and O–H groups in total. The second-order valence-electron chi connectivity index (χ2n) is 7.41. The van der Waals surface area contributed by atoms with Crippen LogP contribution in [0.2, 0.25) is 0 Å². The lowest BCUT2D eigenvalue weighted by Crippen LogP contribution is -2.06. The van der Waals surface area contributed by atoms with Crippen LogP contribution in [0.1, 0.15) is 43.5 Å². The van der Waals surface area contributed by atoms with Gasteiger partial charge in [-0.1, -0.05) is 24.6 Å². The molecule has 0 radical (unpaired) electrons. The van der Waals surface area contributed by atoms with Gasteiger partial charge in [-0.05, 0) is 74.2 Å². The van der Waals surface area contributed by atoms with E-state index in [1.807, 2.05) is 39.2 Å². The third-order valence-electron chi connectivity index (χ3n) is 4.96. The third kappa shape index (κ3) is 9.74. The Hall–Kier alpha value is -3.20. The Morgan fingerprint density at radius 3 is 2.50 bits per heavy atom. The van der Waals surface area contributed by atoms with Crippen LogP contribution in [-0.4, -0.2) is 30.2 Å². The first-order valence-electron chi connectivity index (χ1n) is 10.8. The minimum atomic E-state index is -3.04. The molecule has 2 rings (SSSR count). The van der Waals surface area contributed by atoms with E-state index in [1.165, 1.54) is 30.5 Å². The van der Waals surface area contributed by atoms with Crippen LogP contribution in [0.15, 0.2) is 65.7 Å². The summed E-state index contributed by atoms with van der Waals surface area (Å²) in [6.45, 7) is -1.39. The minimum absolute atomic E-state index is 0.122. The van der Waals surface area contributed by atoms with Gasteiger partial charge in [0.1, 0.15) is 5.76 Å². The molecule has 0 saturated heterocycles. The molecule has 0 aliphatic rings. The maximum atomic E-state index is 13.0. The highest BCUT2D eigenvalue weighted by Gasteiger charge is 2.09. The van der Waals surface area contributed by atoms with E-state index in [-0.39, 0.29) is 11.6 Å². The van der Waals surface area contributed by atoms with Gasteiger partial charge in [-0.15, -0.1) is 0 Å². The van der Waals surface area contributed by atoms with Crippen molar-refractivity contribution in [3.63, 3.8) is 0 Å². The van der Waals surface area contributed by atoms with E-state index in [2.05, 4.69) is 24.8 Å². The Labute approximate surface area is 197 Å². The molecule has 0 bridgehead atoms. The fraction of sp³-hybridized carbons (Fsp3) is 0.360. The molecular weight excluding hydrogens is 450 g/mol. The standard InChI is InChI=1S/C25H29F4N3O2/c1-4-17(2)20(7-5-18-6-9-21(16-30-3)32-15-18)8-10-22(33-24(26)27)13-19-11-12-31-23(14-19)34-25(28)29/h6,8-15,24-25,30H,4-5,7,16H2,1-3H3/b10-8-,20-17+,22-13-. The average molecular weight is 480 g/mol. The summed E-state index contributed by atoms with van der Waals surface area (Å²) in [6, 6.07) is 6.68. The highest BCUT2D eigenvalue weighted by atomic mass is 19.3. The molecule has 0 fully saturated rings. The monoisotopic (exact) mass is 479 g/mol. The molecule has 0 aliphatic heterocycles. The number of allylic oxidation sites excluding steroid dienone is 4. The maximum absolute atomic E-state index is 13.0. The van der Waals surface area contributed by atoms with Gasteiger partial charge in [-0.3, -0.25) is 4.98 Å². The van der Waals surface area contributed by atoms with Crippen molar-refractivity contribution in [2.45, 2.75) is 52.9 Å². The molecule has 9 heteroatoms. The molecule has 2 aromatic heterocycles. The van der Waals surface area contributed by atoms with Gasteiger partial charge in [0.05, 0.1) is 5.69 Å². The molecule has 0 aliphatic carbocycles. The van der Waals surface area contributed by atoms with E-state index < -0.39 is 13.2 Å². The molecule has 0 spiro atoms. The molecule has 0 amide bonds. The number of ether oxygens (including phenoxy) is 2. The molecule has 0 atom stereocenters. The Kier molecular flexibility index (Phi) is 11.3. The lowest BCUT2D eigenvalue weighted by atomic mass is 9.99. The van der Waals surface area contributed by atoms with Crippen LogP contribution in [0.5, 0.6) is 5.88 Å². The Bertz CT molecular complexity index is 990. The van der Waals surface area contributed by atoms with E-state index in [0.717, 1.165) is 35.2 Å². The summed E-state index contributed by atoms with van der Waals surface area (Å²) in [7, 11) is 1.86. The van der Waals surface area contributed by atoms with Gasteiger partial charge in [-0.25, -0.2) is 4.98 Å². The summed E-state index contributed by atoms with van der Waals surface area (Å²) in [5.74, 6) is -0.440. The summed E-state index contributed by atoms with van der Waals surface area (Å²) in [5.41, 5.74) is 4.45. The minimum Gasteiger partial charge on any atom is -0.435 e. The highest BCUT2D eigenvalue weighted by molar-refractivity contribution is 5.55. The Morgan fingerprint density at radius 2 is 1.88 bits per heavy atom. The fourth-order valence-corrected chi connectivity index (χ4v) is 3.08. The quantitative estimate of drug-likeness (QED) is 0.208. The van der Waals surface area contributed by atoms with Crippen LogP contribution >= 0.6 is 0 Å². The number of pyridine rings is 2. The number of nitrogens with one attached hydrogen (secondary N) is 1. The van der Waals surface area contributed by atoms with Gasteiger partial charge < -0.3 is 14.8 Å². The van der Waals surface area contributed by atoms with Gasteiger partial charge >= 0.3 is 13.2 Å². The van der Waals surface area contributed by atoms with Crippen LogP contribution in [0.25, 0.3) is 6.08 Å². The number of hydrogen-bond donors (Lipinski definition) is 1. The summed E-state index contributed by atoms with van der Waals surface area (Å²) < 4.78 is 59.7. The third-order valence-corrected chi connectivity index (χ3v) is 4.96. The zero-order valence-corrected chi connectivity index (χ0v) is 19.4. The second-order valence-corrected chi connectivity index (χ2v) is 7.41. The number of nitrogens with zero attached hydrogens (tertiary/aromatic N) is 2. The zero-order valence-electron chi connectivity index (χ0n) is 19.4. The summed E-state index contributed by atoms with van der Waals surface area (Å²) in [6.07, 6.45) is 9.80. The summed E-state index contributed by atoms with van der Waals surface area (Å²) >= 11 is 0. The van der Waals surface area contributed by atoms with Gasteiger partial charge in [0.2, 0.25) is 5.88 Å². The smallest absolute Gasteiger partial charge is 0.388 e. The topological polar surface area (TPSA) is 56.3 Å². The van der Waals surface area contributed by atoms with Crippen molar-refractivity contribution in [1.82, 2.24) is 15.3 Å². The zero-order chi connectivity index (χ0) is 24.9. The van der Waals surface area contributed by atoms with Gasteiger partial charge in [0.15, 0.2) is 0 Å². The lowest BCUT2D eigenvalue weighted by Gasteiger charge is -2.10.